The number of carbonyl (C=O) groups is 3. The molecule has 1 atom stereocenters. The van der Waals surface area contributed by atoms with Crippen molar-refractivity contribution in [1.29, 1.82) is 0 Å². The molecule has 3 aromatic carbocycles. The highest BCUT2D eigenvalue weighted by atomic mass is 32.2. The number of fused-ring (bicyclic) bond motifs is 2. The van der Waals surface area contributed by atoms with Crippen molar-refractivity contribution in [3.05, 3.63) is 108 Å². The quantitative estimate of drug-likeness (QED) is 0.252. The topological polar surface area (TPSA) is 94.0 Å². The summed E-state index contributed by atoms with van der Waals surface area (Å²) in [6, 6.07) is 21.3. The zero-order valence-electron chi connectivity index (χ0n) is 19.5. The molecule has 178 valence electrons. The van der Waals surface area contributed by atoms with E-state index in [2.05, 4.69) is 22.1 Å². The maximum absolute atomic E-state index is 13.0. The number of allylic oxidation sites excluding steroid dienone is 1. The van der Waals surface area contributed by atoms with Gasteiger partial charge < -0.3 is 5.32 Å². The zero-order valence-corrected chi connectivity index (χ0v) is 20.3. The number of benzene rings is 3. The van der Waals surface area contributed by atoms with Gasteiger partial charge in [-0.2, -0.15) is 0 Å². The van der Waals surface area contributed by atoms with Gasteiger partial charge in [0.2, 0.25) is 5.91 Å². The predicted molar refractivity (Wildman–Crippen MR) is 139 cm³/mol. The summed E-state index contributed by atoms with van der Waals surface area (Å²) in [7, 11) is 0. The van der Waals surface area contributed by atoms with Crippen LogP contribution in [0.3, 0.4) is 0 Å². The Morgan fingerprint density at radius 2 is 1.58 bits per heavy atom. The van der Waals surface area contributed by atoms with Gasteiger partial charge in [-0.1, -0.05) is 72.4 Å². The summed E-state index contributed by atoms with van der Waals surface area (Å²) in [6.07, 6.45) is 1.76. The molecular weight excluding hydrogens is 472 g/mol. The van der Waals surface area contributed by atoms with Crippen LogP contribution in [-0.4, -0.2) is 37.5 Å². The third-order valence-electron chi connectivity index (χ3n) is 5.90. The summed E-state index contributed by atoms with van der Waals surface area (Å²) in [4.78, 5) is 38.8. The highest BCUT2D eigenvalue weighted by Gasteiger charge is 2.30. The highest BCUT2D eigenvalue weighted by molar-refractivity contribution is 8.00. The van der Waals surface area contributed by atoms with Crippen LogP contribution >= 0.6 is 11.8 Å². The Morgan fingerprint density at radius 3 is 2.28 bits per heavy atom. The first-order valence-electron chi connectivity index (χ1n) is 11.4. The second-order valence-corrected chi connectivity index (χ2v) is 9.59. The van der Waals surface area contributed by atoms with Crippen molar-refractivity contribution in [3.8, 4) is 11.4 Å². The van der Waals surface area contributed by atoms with Gasteiger partial charge in [-0.15, -0.1) is 16.8 Å². The summed E-state index contributed by atoms with van der Waals surface area (Å²) in [5.41, 5.74) is 2.77. The van der Waals surface area contributed by atoms with Gasteiger partial charge in [0, 0.05) is 40.0 Å². The Bertz CT molecular complexity index is 1510. The van der Waals surface area contributed by atoms with Gasteiger partial charge in [-0.05, 0) is 25.1 Å². The Morgan fingerprint density at radius 1 is 0.944 bits per heavy atom. The van der Waals surface area contributed by atoms with Gasteiger partial charge in [0.1, 0.15) is 0 Å². The first kappa shape index (κ1) is 23.4. The van der Waals surface area contributed by atoms with Crippen molar-refractivity contribution in [2.75, 3.05) is 5.32 Å². The molecule has 0 saturated heterocycles. The Hall–Kier alpha value is -4.30. The van der Waals surface area contributed by atoms with Crippen LogP contribution < -0.4 is 5.32 Å². The summed E-state index contributed by atoms with van der Waals surface area (Å²) < 4.78 is 1.91. The smallest absolute Gasteiger partial charge is 0.237 e. The van der Waals surface area contributed by atoms with Crippen LogP contribution in [-0.2, 0) is 11.3 Å². The van der Waals surface area contributed by atoms with Gasteiger partial charge in [0.25, 0.3) is 0 Å². The first-order valence-corrected chi connectivity index (χ1v) is 12.3. The average molecular weight is 495 g/mol. The molecule has 1 aromatic heterocycles. The van der Waals surface area contributed by atoms with E-state index in [4.69, 9.17) is 0 Å². The van der Waals surface area contributed by atoms with Crippen molar-refractivity contribution in [1.82, 2.24) is 14.8 Å². The fraction of sp³-hybridized carbons (Fsp3) is 0.107. The number of thioether (sulfide) groups is 1. The number of hydrogen-bond acceptors (Lipinski definition) is 6. The lowest BCUT2D eigenvalue weighted by Crippen LogP contribution is -2.24. The van der Waals surface area contributed by atoms with Crippen LogP contribution in [0.25, 0.3) is 11.4 Å². The summed E-state index contributed by atoms with van der Waals surface area (Å²) in [6.45, 7) is 6.10. The standard InChI is InChI=1S/C28H22N4O3S/c1-3-15-32-26(18-9-5-4-6-10-18)30-31-28(32)36-17(2)27(35)29-19-13-14-22-23(16-19)25(34)21-12-8-7-11-20(21)24(22)33/h3-14,16-17H,1,15H2,2H3,(H,29,35)/t17-/m1/s1. The number of amides is 1. The van der Waals surface area contributed by atoms with Crippen LogP contribution in [0.1, 0.15) is 38.8 Å². The molecule has 0 bridgehead atoms. The minimum absolute atomic E-state index is 0.197. The van der Waals surface area contributed by atoms with E-state index < -0.39 is 5.25 Å². The molecule has 1 aliphatic carbocycles. The van der Waals surface area contributed by atoms with Crippen molar-refractivity contribution < 1.29 is 14.4 Å². The number of hydrogen-bond donors (Lipinski definition) is 1. The Kier molecular flexibility index (Phi) is 6.35. The third kappa shape index (κ3) is 4.27. The van der Waals surface area contributed by atoms with E-state index >= 15 is 0 Å². The molecule has 0 aliphatic heterocycles. The second-order valence-electron chi connectivity index (χ2n) is 8.29. The lowest BCUT2D eigenvalue weighted by Gasteiger charge is -2.18. The Labute approximate surface area is 212 Å². The molecule has 0 radical (unpaired) electrons. The summed E-state index contributed by atoms with van der Waals surface area (Å²) in [5, 5.41) is 11.6. The number of ketones is 2. The van der Waals surface area contributed by atoms with E-state index in [9.17, 15) is 14.4 Å². The molecule has 1 heterocycles. The van der Waals surface area contributed by atoms with Crippen LogP contribution in [0.4, 0.5) is 5.69 Å². The number of carbonyl (C=O) groups excluding carboxylic acids is 3. The molecule has 0 fully saturated rings. The zero-order chi connectivity index (χ0) is 25.2. The largest absolute Gasteiger partial charge is 0.325 e. The predicted octanol–water partition coefficient (Wildman–Crippen LogP) is 5.03. The van der Waals surface area contributed by atoms with Crippen LogP contribution in [0.2, 0.25) is 0 Å². The van der Waals surface area contributed by atoms with E-state index in [1.807, 2.05) is 34.9 Å². The molecule has 36 heavy (non-hydrogen) atoms. The lowest BCUT2D eigenvalue weighted by atomic mass is 9.84. The molecule has 0 unspecified atom stereocenters. The Balaban J connectivity index is 1.34. The van der Waals surface area contributed by atoms with Crippen LogP contribution in [0.15, 0.2) is 90.6 Å². The molecule has 5 rings (SSSR count). The molecular formula is C28H22N4O3S. The summed E-state index contributed by atoms with van der Waals surface area (Å²) >= 11 is 1.28. The number of nitrogens with one attached hydrogen (secondary N) is 1. The lowest BCUT2D eigenvalue weighted by molar-refractivity contribution is -0.115. The minimum atomic E-state index is -0.504. The molecule has 0 spiro atoms. The van der Waals surface area contributed by atoms with Gasteiger partial charge in [0.15, 0.2) is 22.5 Å². The van der Waals surface area contributed by atoms with E-state index in [1.165, 1.54) is 11.8 Å². The first-order chi connectivity index (χ1) is 17.5. The van der Waals surface area contributed by atoms with Crippen molar-refractivity contribution >= 4 is 34.9 Å². The van der Waals surface area contributed by atoms with E-state index in [1.54, 1.807) is 55.5 Å². The number of nitrogens with zero attached hydrogens (tertiary/aromatic N) is 3. The van der Waals surface area contributed by atoms with Gasteiger partial charge in [0.05, 0.1) is 5.25 Å². The van der Waals surface area contributed by atoms with E-state index in [0.29, 0.717) is 39.9 Å². The van der Waals surface area contributed by atoms with E-state index in [-0.39, 0.29) is 23.0 Å². The van der Waals surface area contributed by atoms with Gasteiger partial charge in [-0.3, -0.25) is 19.0 Å². The minimum Gasteiger partial charge on any atom is -0.325 e. The maximum Gasteiger partial charge on any atom is 0.237 e. The van der Waals surface area contributed by atoms with Crippen molar-refractivity contribution in [3.63, 3.8) is 0 Å². The van der Waals surface area contributed by atoms with Crippen molar-refractivity contribution in [2.24, 2.45) is 0 Å². The SMILES string of the molecule is C=CCn1c(S[C@H](C)C(=O)Nc2ccc3c(c2)C(=O)c2ccccc2C3=O)nnc1-c1ccccc1. The van der Waals surface area contributed by atoms with Crippen molar-refractivity contribution in [2.45, 2.75) is 23.9 Å². The fourth-order valence-corrected chi connectivity index (χ4v) is 4.96. The monoisotopic (exact) mass is 494 g/mol. The number of anilines is 1. The van der Waals surface area contributed by atoms with Crippen LogP contribution in [0, 0.1) is 0 Å². The molecule has 4 aromatic rings. The fourth-order valence-electron chi connectivity index (χ4n) is 4.10. The molecule has 1 N–H and O–H groups in total. The highest BCUT2D eigenvalue weighted by Crippen LogP contribution is 2.30. The van der Waals surface area contributed by atoms with Gasteiger partial charge >= 0.3 is 0 Å². The summed E-state index contributed by atoms with van der Waals surface area (Å²) in [5.74, 6) is 0.00979. The second kappa shape index (κ2) is 9.75. The molecule has 8 heteroatoms. The number of aromatic nitrogens is 3. The number of rotatable bonds is 7. The van der Waals surface area contributed by atoms with Gasteiger partial charge in [-0.25, -0.2) is 0 Å². The normalized spacial score (nSPS) is 13.0. The maximum atomic E-state index is 13.0. The van der Waals surface area contributed by atoms with Crippen LogP contribution in [0.5, 0.6) is 0 Å². The molecule has 1 amide bonds. The molecule has 1 aliphatic rings. The molecule has 0 saturated carbocycles. The van der Waals surface area contributed by atoms with E-state index in [0.717, 1.165) is 5.56 Å². The third-order valence-corrected chi connectivity index (χ3v) is 6.99. The molecule has 7 nitrogen and oxygen atoms in total. The average Bonchev–Trinajstić information content (AvgIpc) is 3.30.